The summed E-state index contributed by atoms with van der Waals surface area (Å²) in [6, 6.07) is 11.4. The van der Waals surface area contributed by atoms with Gasteiger partial charge in [0.1, 0.15) is 5.69 Å². The van der Waals surface area contributed by atoms with E-state index in [1.165, 1.54) is 0 Å². The normalized spacial score (nSPS) is 11.0. The third-order valence-electron chi connectivity index (χ3n) is 4.03. The molecular formula is C20H24N6O. The van der Waals surface area contributed by atoms with E-state index in [-0.39, 0.29) is 5.91 Å². The van der Waals surface area contributed by atoms with Gasteiger partial charge in [0.2, 0.25) is 5.95 Å². The zero-order valence-electron chi connectivity index (χ0n) is 15.9. The number of hydrogen-bond donors (Lipinski definition) is 2. The van der Waals surface area contributed by atoms with Gasteiger partial charge in [-0.25, -0.2) is 9.97 Å². The molecule has 0 fully saturated rings. The van der Waals surface area contributed by atoms with Gasteiger partial charge in [-0.15, -0.1) is 0 Å². The minimum atomic E-state index is -0.196. The van der Waals surface area contributed by atoms with Crippen molar-refractivity contribution in [1.29, 1.82) is 0 Å². The van der Waals surface area contributed by atoms with Crippen molar-refractivity contribution in [2.45, 2.75) is 13.3 Å². The lowest BCUT2D eigenvalue weighted by Crippen LogP contribution is -2.28. The van der Waals surface area contributed by atoms with Gasteiger partial charge in [0.05, 0.1) is 11.2 Å². The maximum absolute atomic E-state index is 12.4. The summed E-state index contributed by atoms with van der Waals surface area (Å²) in [6.45, 7) is 3.37. The third-order valence-corrected chi connectivity index (χ3v) is 4.03. The minimum Gasteiger partial charge on any atom is -0.351 e. The molecule has 0 radical (unpaired) electrons. The van der Waals surface area contributed by atoms with Crippen LogP contribution in [0, 0.1) is 6.92 Å². The van der Waals surface area contributed by atoms with Crippen molar-refractivity contribution in [3.63, 3.8) is 0 Å². The summed E-state index contributed by atoms with van der Waals surface area (Å²) in [5.41, 5.74) is 2.71. The van der Waals surface area contributed by atoms with Gasteiger partial charge in [0.25, 0.3) is 5.91 Å². The smallest absolute Gasteiger partial charge is 0.270 e. The fourth-order valence-corrected chi connectivity index (χ4v) is 2.75. The van der Waals surface area contributed by atoms with Gasteiger partial charge < -0.3 is 15.5 Å². The maximum atomic E-state index is 12.4. The first-order chi connectivity index (χ1) is 13.0. The molecule has 140 valence electrons. The van der Waals surface area contributed by atoms with Crippen molar-refractivity contribution in [3.05, 3.63) is 54.0 Å². The quantitative estimate of drug-likeness (QED) is 0.627. The van der Waals surface area contributed by atoms with Gasteiger partial charge in [-0.05, 0) is 52.2 Å². The van der Waals surface area contributed by atoms with Gasteiger partial charge in [0, 0.05) is 23.8 Å². The van der Waals surface area contributed by atoms with E-state index in [9.17, 15) is 4.79 Å². The summed E-state index contributed by atoms with van der Waals surface area (Å²) >= 11 is 0. The Morgan fingerprint density at radius 2 is 1.96 bits per heavy atom. The molecule has 2 N–H and O–H groups in total. The van der Waals surface area contributed by atoms with E-state index in [1.807, 2.05) is 51.4 Å². The first-order valence-corrected chi connectivity index (χ1v) is 8.92. The number of hydrogen-bond acceptors (Lipinski definition) is 6. The fourth-order valence-electron chi connectivity index (χ4n) is 2.75. The van der Waals surface area contributed by atoms with Crippen LogP contribution in [-0.2, 0) is 0 Å². The standard InChI is InChI=1S/C20H24N6O/c1-14-13-17(19(27)22-11-6-12-26(2)3)25-20(23-14)24-16-9-4-7-15-8-5-10-21-18(15)16/h4-5,7-10,13H,6,11-12H2,1-3H3,(H,22,27)(H,23,24,25). The summed E-state index contributed by atoms with van der Waals surface area (Å²) in [6.07, 6.45) is 2.63. The first kappa shape index (κ1) is 18.7. The number of aryl methyl sites for hydroxylation is 1. The Kier molecular flexibility index (Phi) is 5.93. The van der Waals surface area contributed by atoms with E-state index < -0.39 is 0 Å². The van der Waals surface area contributed by atoms with E-state index in [4.69, 9.17) is 0 Å². The van der Waals surface area contributed by atoms with Gasteiger partial charge in [-0.1, -0.05) is 18.2 Å². The summed E-state index contributed by atoms with van der Waals surface area (Å²) in [7, 11) is 4.02. The van der Waals surface area contributed by atoms with Crippen LogP contribution in [-0.4, -0.2) is 52.9 Å². The molecule has 0 aliphatic heterocycles. The Labute approximate surface area is 158 Å². The van der Waals surface area contributed by atoms with Crippen LogP contribution >= 0.6 is 0 Å². The van der Waals surface area contributed by atoms with E-state index in [0.29, 0.717) is 18.2 Å². The second-order valence-corrected chi connectivity index (χ2v) is 6.64. The SMILES string of the molecule is Cc1cc(C(=O)NCCCN(C)C)nc(Nc2cccc3cccnc23)n1. The van der Waals surface area contributed by atoms with Crippen LogP contribution in [0.25, 0.3) is 10.9 Å². The van der Waals surface area contributed by atoms with E-state index in [0.717, 1.165) is 35.2 Å². The maximum Gasteiger partial charge on any atom is 0.270 e. The van der Waals surface area contributed by atoms with Gasteiger partial charge in [0.15, 0.2) is 0 Å². The number of anilines is 2. The van der Waals surface area contributed by atoms with E-state index in [1.54, 1.807) is 12.3 Å². The highest BCUT2D eigenvalue weighted by Gasteiger charge is 2.11. The largest absolute Gasteiger partial charge is 0.351 e. The van der Waals surface area contributed by atoms with E-state index in [2.05, 4.69) is 30.5 Å². The molecule has 0 saturated carbocycles. The summed E-state index contributed by atoms with van der Waals surface area (Å²) in [5, 5.41) is 7.12. The molecule has 2 heterocycles. The number of pyridine rings is 1. The number of amides is 1. The number of fused-ring (bicyclic) bond motifs is 1. The predicted molar refractivity (Wildman–Crippen MR) is 107 cm³/mol. The molecule has 7 nitrogen and oxygen atoms in total. The van der Waals surface area contributed by atoms with Crippen LogP contribution in [0.1, 0.15) is 22.6 Å². The predicted octanol–water partition coefficient (Wildman–Crippen LogP) is 2.76. The van der Waals surface area contributed by atoms with Crippen molar-refractivity contribution >= 4 is 28.4 Å². The number of benzene rings is 1. The second-order valence-electron chi connectivity index (χ2n) is 6.64. The van der Waals surface area contributed by atoms with Crippen LogP contribution < -0.4 is 10.6 Å². The molecule has 2 aromatic heterocycles. The van der Waals surface area contributed by atoms with Crippen molar-refractivity contribution in [1.82, 2.24) is 25.2 Å². The Hall–Kier alpha value is -3.06. The molecule has 0 spiro atoms. The number of rotatable bonds is 7. The minimum absolute atomic E-state index is 0.196. The average Bonchev–Trinajstić information content (AvgIpc) is 2.65. The number of para-hydroxylation sites is 1. The average molecular weight is 364 g/mol. The number of aromatic nitrogens is 3. The van der Waals surface area contributed by atoms with Crippen molar-refractivity contribution in [2.24, 2.45) is 0 Å². The molecular weight excluding hydrogens is 340 g/mol. The summed E-state index contributed by atoms with van der Waals surface area (Å²) in [4.78, 5) is 27.7. The van der Waals surface area contributed by atoms with E-state index >= 15 is 0 Å². The molecule has 7 heteroatoms. The van der Waals surface area contributed by atoms with Crippen LogP contribution in [0.3, 0.4) is 0 Å². The molecule has 1 amide bonds. The molecule has 0 aliphatic rings. The van der Waals surface area contributed by atoms with Gasteiger partial charge in [-0.2, -0.15) is 0 Å². The van der Waals surface area contributed by atoms with Gasteiger partial charge in [-0.3, -0.25) is 9.78 Å². The molecule has 0 bridgehead atoms. The lowest BCUT2D eigenvalue weighted by molar-refractivity contribution is 0.0947. The highest BCUT2D eigenvalue weighted by atomic mass is 16.1. The zero-order valence-corrected chi connectivity index (χ0v) is 15.9. The second kappa shape index (κ2) is 8.55. The molecule has 0 atom stereocenters. The lowest BCUT2D eigenvalue weighted by Gasteiger charge is -2.11. The Morgan fingerprint density at radius 3 is 2.78 bits per heavy atom. The Bertz CT molecular complexity index is 935. The van der Waals surface area contributed by atoms with Crippen LogP contribution in [0.15, 0.2) is 42.6 Å². The fraction of sp³-hybridized carbons (Fsp3) is 0.300. The molecule has 3 aromatic rings. The molecule has 27 heavy (non-hydrogen) atoms. The van der Waals surface area contributed by atoms with Crippen LogP contribution in [0.2, 0.25) is 0 Å². The highest BCUT2D eigenvalue weighted by molar-refractivity contribution is 5.93. The van der Waals surface area contributed by atoms with Gasteiger partial charge >= 0.3 is 0 Å². The molecule has 0 saturated heterocycles. The molecule has 0 aliphatic carbocycles. The Balaban J connectivity index is 1.76. The number of nitrogens with one attached hydrogen (secondary N) is 2. The number of carbonyl (C=O) groups is 1. The zero-order chi connectivity index (χ0) is 19.2. The molecule has 3 rings (SSSR count). The number of carbonyl (C=O) groups excluding carboxylic acids is 1. The monoisotopic (exact) mass is 364 g/mol. The lowest BCUT2D eigenvalue weighted by atomic mass is 10.2. The topological polar surface area (TPSA) is 83.0 Å². The number of nitrogens with zero attached hydrogens (tertiary/aromatic N) is 4. The first-order valence-electron chi connectivity index (χ1n) is 8.92. The Morgan fingerprint density at radius 1 is 1.15 bits per heavy atom. The van der Waals surface area contributed by atoms with Crippen molar-refractivity contribution < 1.29 is 4.79 Å². The molecule has 1 aromatic carbocycles. The summed E-state index contributed by atoms with van der Waals surface area (Å²) < 4.78 is 0. The molecule has 0 unspecified atom stereocenters. The van der Waals surface area contributed by atoms with Crippen LogP contribution in [0.4, 0.5) is 11.6 Å². The van der Waals surface area contributed by atoms with Crippen LogP contribution in [0.5, 0.6) is 0 Å². The van der Waals surface area contributed by atoms with Crippen molar-refractivity contribution in [2.75, 3.05) is 32.5 Å². The summed E-state index contributed by atoms with van der Waals surface area (Å²) in [5.74, 6) is 0.185. The third kappa shape index (κ3) is 4.98. The highest BCUT2D eigenvalue weighted by Crippen LogP contribution is 2.23. The van der Waals surface area contributed by atoms with Crippen molar-refractivity contribution in [3.8, 4) is 0 Å².